The molecule has 4 aromatic rings. The highest BCUT2D eigenvalue weighted by Gasteiger charge is 2.18. The highest BCUT2D eigenvalue weighted by atomic mass is 35.5. The molecule has 1 amide bonds. The largest absolute Gasteiger partial charge is 0.494 e. The van der Waals surface area contributed by atoms with E-state index in [1.807, 2.05) is 12.1 Å². The Morgan fingerprint density at radius 1 is 1.06 bits per heavy atom. The summed E-state index contributed by atoms with van der Waals surface area (Å²) in [7, 11) is 1.45. The number of nitrogens with zero attached hydrogens (tertiary/aromatic N) is 2. The lowest BCUT2D eigenvalue weighted by Crippen LogP contribution is -2.21. The van der Waals surface area contributed by atoms with Crippen molar-refractivity contribution in [2.75, 3.05) is 30.4 Å². The van der Waals surface area contributed by atoms with Crippen LogP contribution in [-0.2, 0) is 0 Å². The van der Waals surface area contributed by atoms with E-state index in [4.69, 9.17) is 32.4 Å². The van der Waals surface area contributed by atoms with E-state index in [0.29, 0.717) is 27.7 Å². The molecule has 1 heterocycles. The van der Waals surface area contributed by atoms with Gasteiger partial charge in [0.15, 0.2) is 5.58 Å². The molecule has 1 N–H and O–H groups in total. The van der Waals surface area contributed by atoms with Crippen LogP contribution in [0.1, 0.15) is 24.2 Å². The zero-order chi connectivity index (χ0) is 23.5. The molecule has 0 aliphatic carbocycles. The van der Waals surface area contributed by atoms with Crippen LogP contribution in [-0.4, -0.2) is 31.1 Å². The van der Waals surface area contributed by atoms with Gasteiger partial charge < -0.3 is 19.4 Å². The first kappa shape index (κ1) is 23.0. The van der Waals surface area contributed by atoms with Crippen molar-refractivity contribution in [3.05, 3.63) is 70.2 Å². The number of carbonyl (C=O) groups excluding carboxylic acids is 1. The number of carbonyl (C=O) groups is 1. The van der Waals surface area contributed by atoms with E-state index in [9.17, 15) is 4.79 Å². The second-order valence-corrected chi connectivity index (χ2v) is 8.19. The molecule has 0 radical (unpaired) electrons. The maximum absolute atomic E-state index is 12.8. The lowest BCUT2D eigenvalue weighted by atomic mass is 10.1. The number of hydrogen-bond donors (Lipinski definition) is 1. The van der Waals surface area contributed by atoms with E-state index >= 15 is 0 Å². The van der Waals surface area contributed by atoms with Gasteiger partial charge in [0.25, 0.3) is 5.91 Å². The van der Waals surface area contributed by atoms with Crippen molar-refractivity contribution in [3.63, 3.8) is 0 Å². The Kier molecular flexibility index (Phi) is 6.77. The van der Waals surface area contributed by atoms with Crippen molar-refractivity contribution < 1.29 is 13.9 Å². The van der Waals surface area contributed by atoms with Gasteiger partial charge in [-0.25, -0.2) is 4.98 Å². The van der Waals surface area contributed by atoms with Gasteiger partial charge in [0.1, 0.15) is 11.3 Å². The Bertz CT molecular complexity index is 1300. The third kappa shape index (κ3) is 4.77. The molecule has 3 aromatic carbocycles. The Morgan fingerprint density at radius 3 is 2.45 bits per heavy atom. The first-order chi connectivity index (χ1) is 15.9. The van der Waals surface area contributed by atoms with E-state index in [0.717, 1.165) is 24.3 Å². The molecule has 0 saturated carbocycles. The van der Waals surface area contributed by atoms with Gasteiger partial charge in [-0.3, -0.25) is 4.79 Å². The molecule has 0 aliphatic heterocycles. The summed E-state index contributed by atoms with van der Waals surface area (Å²) < 4.78 is 11.2. The molecule has 4 rings (SSSR count). The number of halogens is 2. The van der Waals surface area contributed by atoms with Crippen molar-refractivity contribution >= 4 is 51.6 Å². The summed E-state index contributed by atoms with van der Waals surface area (Å²) in [6.07, 6.45) is 0. The second kappa shape index (κ2) is 9.73. The number of hydrogen-bond acceptors (Lipinski definition) is 5. The summed E-state index contributed by atoms with van der Waals surface area (Å²) in [5.74, 6) is 0.380. The van der Waals surface area contributed by atoms with E-state index in [-0.39, 0.29) is 16.3 Å². The predicted octanol–water partition coefficient (Wildman–Crippen LogP) is 6.91. The lowest BCUT2D eigenvalue weighted by molar-refractivity contribution is 0.102. The predicted molar refractivity (Wildman–Crippen MR) is 134 cm³/mol. The molecule has 0 spiro atoms. The van der Waals surface area contributed by atoms with Gasteiger partial charge in [0, 0.05) is 35.1 Å². The number of fused-ring (bicyclic) bond motifs is 1. The van der Waals surface area contributed by atoms with Crippen molar-refractivity contribution in [1.82, 2.24) is 4.98 Å². The first-order valence-electron chi connectivity index (χ1n) is 10.5. The molecule has 8 heteroatoms. The van der Waals surface area contributed by atoms with E-state index in [1.54, 1.807) is 18.2 Å². The molecule has 0 aliphatic rings. The van der Waals surface area contributed by atoms with Crippen LogP contribution in [0.5, 0.6) is 5.75 Å². The lowest BCUT2D eigenvalue weighted by Gasteiger charge is -2.20. The van der Waals surface area contributed by atoms with Crippen molar-refractivity contribution in [1.29, 1.82) is 0 Å². The van der Waals surface area contributed by atoms with Crippen LogP contribution >= 0.6 is 23.2 Å². The molecule has 0 saturated heterocycles. The maximum Gasteiger partial charge on any atom is 0.259 e. The molecule has 0 atom stereocenters. The number of aromatic nitrogens is 1. The fourth-order valence-corrected chi connectivity index (χ4v) is 4.24. The standard InChI is InChI=1S/C25H23Cl2N3O3/c1-4-30(5-2)18-9-6-15(7-10-18)25-29-21-14-17(8-11-22(21)33-25)28-24(31)19-12-16(26)13-20(27)23(19)32-3/h6-14H,4-5H2,1-3H3,(H,28,31). The van der Waals surface area contributed by atoms with Crippen LogP contribution in [0.25, 0.3) is 22.6 Å². The number of amides is 1. The molecule has 33 heavy (non-hydrogen) atoms. The van der Waals surface area contributed by atoms with Crippen LogP contribution in [0, 0.1) is 0 Å². The number of ether oxygens (including phenoxy) is 1. The summed E-state index contributed by atoms with van der Waals surface area (Å²) in [6.45, 7) is 6.15. The minimum absolute atomic E-state index is 0.240. The fraction of sp³-hybridized carbons (Fsp3) is 0.200. The Morgan fingerprint density at radius 2 is 1.79 bits per heavy atom. The minimum Gasteiger partial charge on any atom is -0.494 e. The van der Waals surface area contributed by atoms with Gasteiger partial charge in [0.2, 0.25) is 5.89 Å². The van der Waals surface area contributed by atoms with Crippen LogP contribution in [0.15, 0.2) is 59.0 Å². The van der Waals surface area contributed by atoms with Gasteiger partial charge in [-0.05, 0) is 68.4 Å². The SMILES string of the molecule is CCN(CC)c1ccc(-c2nc3cc(NC(=O)c4cc(Cl)cc(Cl)c4OC)ccc3o2)cc1. The minimum atomic E-state index is -0.397. The van der Waals surface area contributed by atoms with Gasteiger partial charge in [0.05, 0.1) is 17.7 Å². The van der Waals surface area contributed by atoms with Crippen molar-refractivity contribution in [3.8, 4) is 17.2 Å². The smallest absolute Gasteiger partial charge is 0.259 e. The third-order valence-corrected chi connectivity index (χ3v) is 5.84. The monoisotopic (exact) mass is 483 g/mol. The Labute approximate surface area is 202 Å². The van der Waals surface area contributed by atoms with Crippen molar-refractivity contribution in [2.24, 2.45) is 0 Å². The van der Waals surface area contributed by atoms with E-state index < -0.39 is 5.91 Å². The molecule has 170 valence electrons. The number of nitrogens with one attached hydrogen (secondary N) is 1. The Balaban J connectivity index is 1.58. The van der Waals surface area contributed by atoms with E-state index in [2.05, 4.69) is 41.2 Å². The molecule has 0 unspecified atom stereocenters. The number of anilines is 2. The topological polar surface area (TPSA) is 67.6 Å². The maximum atomic E-state index is 12.8. The number of methoxy groups -OCH3 is 1. The highest BCUT2D eigenvalue weighted by molar-refractivity contribution is 6.36. The van der Waals surface area contributed by atoms with Crippen LogP contribution in [0.2, 0.25) is 10.0 Å². The molecule has 6 nitrogen and oxygen atoms in total. The Hall–Kier alpha value is -3.22. The summed E-state index contributed by atoms with van der Waals surface area (Å²) in [5, 5.41) is 3.44. The quantitative estimate of drug-likeness (QED) is 0.309. The molecule has 1 aromatic heterocycles. The van der Waals surface area contributed by atoms with Gasteiger partial charge >= 0.3 is 0 Å². The van der Waals surface area contributed by atoms with E-state index in [1.165, 1.54) is 19.2 Å². The van der Waals surface area contributed by atoms with Crippen LogP contribution < -0.4 is 15.0 Å². The van der Waals surface area contributed by atoms with Crippen molar-refractivity contribution in [2.45, 2.75) is 13.8 Å². The van der Waals surface area contributed by atoms with Crippen LogP contribution in [0.4, 0.5) is 11.4 Å². The fourth-order valence-electron chi connectivity index (χ4n) is 3.67. The molecular weight excluding hydrogens is 461 g/mol. The normalized spacial score (nSPS) is 10.9. The average molecular weight is 484 g/mol. The molecule has 0 fully saturated rings. The number of oxazole rings is 1. The number of rotatable bonds is 7. The van der Waals surface area contributed by atoms with Gasteiger partial charge in [-0.2, -0.15) is 0 Å². The zero-order valence-electron chi connectivity index (χ0n) is 18.5. The zero-order valence-corrected chi connectivity index (χ0v) is 20.0. The third-order valence-electron chi connectivity index (χ3n) is 5.35. The van der Waals surface area contributed by atoms with Gasteiger partial charge in [-0.15, -0.1) is 0 Å². The summed E-state index contributed by atoms with van der Waals surface area (Å²) >= 11 is 12.2. The number of benzene rings is 3. The summed E-state index contributed by atoms with van der Waals surface area (Å²) in [6, 6.07) is 16.4. The van der Waals surface area contributed by atoms with Crippen LogP contribution in [0.3, 0.4) is 0 Å². The average Bonchev–Trinajstić information content (AvgIpc) is 3.23. The first-order valence-corrected chi connectivity index (χ1v) is 11.3. The molecular formula is C25H23Cl2N3O3. The van der Waals surface area contributed by atoms with Gasteiger partial charge in [-0.1, -0.05) is 23.2 Å². The second-order valence-electron chi connectivity index (χ2n) is 7.34. The highest BCUT2D eigenvalue weighted by Crippen LogP contribution is 2.33. The molecule has 0 bridgehead atoms. The summed E-state index contributed by atoms with van der Waals surface area (Å²) in [5.41, 5.74) is 4.09. The summed E-state index contributed by atoms with van der Waals surface area (Å²) in [4.78, 5) is 19.7.